The fraction of sp³-hybridized carbons (Fsp3) is 0.538. The monoisotopic (exact) mass is 311 g/mol. The fourth-order valence-corrected chi connectivity index (χ4v) is 4.99. The van der Waals surface area contributed by atoms with E-state index < -0.39 is 14.9 Å². The minimum Gasteiger partial charge on any atom is -0.398 e. The number of hydrogen-bond acceptors (Lipinski definition) is 5. The number of nitrogen functional groups attached to an aromatic ring is 1. The van der Waals surface area contributed by atoms with Crippen molar-refractivity contribution in [1.82, 2.24) is 4.72 Å². The van der Waals surface area contributed by atoms with Gasteiger partial charge in [-0.2, -0.15) is 0 Å². The molecule has 0 aliphatic heterocycles. The Hall–Kier alpha value is -1.67. The lowest BCUT2D eigenvalue weighted by Crippen LogP contribution is -2.38. The first-order chi connectivity index (χ1) is 9.87. The van der Waals surface area contributed by atoms with E-state index >= 15 is 0 Å². The molecule has 0 saturated heterocycles. The van der Waals surface area contributed by atoms with E-state index in [2.05, 4.69) is 4.72 Å². The molecule has 0 spiro atoms. The van der Waals surface area contributed by atoms with Crippen LogP contribution in [0.2, 0.25) is 0 Å². The Bertz CT molecular complexity index is 689. The topological polar surface area (TPSA) is 115 Å². The Morgan fingerprint density at radius 1 is 1.29 bits per heavy atom. The summed E-state index contributed by atoms with van der Waals surface area (Å²) in [6.45, 7) is 0. The van der Waals surface area contributed by atoms with Crippen molar-refractivity contribution in [2.75, 3.05) is 5.73 Å². The van der Waals surface area contributed by atoms with Crippen molar-refractivity contribution in [3.63, 3.8) is 0 Å². The van der Waals surface area contributed by atoms with Gasteiger partial charge in [0.2, 0.25) is 10.0 Å². The van der Waals surface area contributed by atoms with Crippen LogP contribution < -0.4 is 10.5 Å². The zero-order valence-electron chi connectivity index (χ0n) is 11.4. The van der Waals surface area contributed by atoms with Crippen LogP contribution in [0, 0.1) is 22.0 Å². The van der Waals surface area contributed by atoms with Crippen LogP contribution in [0.15, 0.2) is 23.1 Å². The second-order valence-corrected chi connectivity index (χ2v) is 7.56. The molecule has 8 heteroatoms. The van der Waals surface area contributed by atoms with E-state index in [1.165, 1.54) is 18.6 Å². The molecule has 2 aliphatic carbocycles. The third kappa shape index (κ3) is 2.60. The number of sulfonamides is 1. The van der Waals surface area contributed by atoms with Crippen molar-refractivity contribution in [2.45, 2.75) is 36.6 Å². The van der Waals surface area contributed by atoms with Gasteiger partial charge in [-0.15, -0.1) is 0 Å². The molecule has 114 valence electrons. The van der Waals surface area contributed by atoms with Gasteiger partial charge in [-0.05, 0) is 37.2 Å². The smallest absolute Gasteiger partial charge is 0.270 e. The van der Waals surface area contributed by atoms with Crippen LogP contribution in [0.25, 0.3) is 0 Å². The van der Waals surface area contributed by atoms with Gasteiger partial charge in [-0.1, -0.05) is 6.42 Å². The van der Waals surface area contributed by atoms with E-state index in [4.69, 9.17) is 5.73 Å². The number of nitro benzene ring substituents is 1. The number of non-ortho nitro benzene ring substituents is 1. The van der Waals surface area contributed by atoms with Gasteiger partial charge in [0, 0.05) is 18.2 Å². The summed E-state index contributed by atoms with van der Waals surface area (Å²) in [6.07, 6.45) is 4.13. The lowest BCUT2D eigenvalue weighted by Gasteiger charge is -2.23. The Morgan fingerprint density at radius 3 is 2.62 bits per heavy atom. The van der Waals surface area contributed by atoms with Crippen LogP contribution in [0.4, 0.5) is 11.4 Å². The summed E-state index contributed by atoms with van der Waals surface area (Å²) in [7, 11) is -3.83. The van der Waals surface area contributed by atoms with Gasteiger partial charge >= 0.3 is 0 Å². The highest BCUT2D eigenvalue weighted by atomic mass is 32.2. The summed E-state index contributed by atoms with van der Waals surface area (Å²) in [5, 5.41) is 10.8. The Labute approximate surface area is 122 Å². The maximum atomic E-state index is 12.4. The molecule has 0 aromatic heterocycles. The standard InChI is InChI=1S/C13H17N3O4S/c14-11-4-3-10(16(17)18)7-13(11)21(19,20)15-12-6-8-1-2-9(12)5-8/h3-4,7-9,12,15H,1-2,5-6,14H2. The maximum Gasteiger partial charge on any atom is 0.270 e. The molecular weight excluding hydrogens is 294 g/mol. The van der Waals surface area contributed by atoms with Crippen LogP contribution in [-0.2, 0) is 10.0 Å². The third-order valence-electron chi connectivity index (χ3n) is 4.54. The number of nitrogens with two attached hydrogens (primary N) is 1. The molecule has 2 bridgehead atoms. The largest absolute Gasteiger partial charge is 0.398 e. The van der Waals surface area contributed by atoms with Gasteiger partial charge in [0.05, 0.1) is 10.6 Å². The van der Waals surface area contributed by atoms with E-state index in [9.17, 15) is 18.5 Å². The molecule has 2 saturated carbocycles. The van der Waals surface area contributed by atoms with E-state index in [-0.39, 0.29) is 22.3 Å². The van der Waals surface area contributed by atoms with E-state index in [1.807, 2.05) is 0 Å². The molecule has 0 radical (unpaired) electrons. The van der Waals surface area contributed by atoms with E-state index in [0.717, 1.165) is 25.3 Å². The minimum absolute atomic E-state index is 0.0243. The zero-order valence-corrected chi connectivity index (χ0v) is 12.2. The number of nitrogens with zero attached hydrogens (tertiary/aromatic N) is 1. The second kappa shape index (κ2) is 4.96. The molecule has 3 unspecified atom stereocenters. The van der Waals surface area contributed by atoms with Crippen LogP contribution >= 0.6 is 0 Å². The number of benzene rings is 1. The molecule has 1 aromatic rings. The van der Waals surface area contributed by atoms with E-state index in [0.29, 0.717) is 11.8 Å². The number of rotatable bonds is 4. The van der Waals surface area contributed by atoms with Crippen molar-refractivity contribution < 1.29 is 13.3 Å². The predicted octanol–water partition coefficient (Wildman–Crippen LogP) is 1.64. The highest BCUT2D eigenvalue weighted by Crippen LogP contribution is 2.45. The van der Waals surface area contributed by atoms with Crippen molar-refractivity contribution in [3.8, 4) is 0 Å². The highest BCUT2D eigenvalue weighted by molar-refractivity contribution is 7.89. The first kappa shape index (κ1) is 14.3. The first-order valence-corrected chi connectivity index (χ1v) is 8.41. The summed E-state index contributed by atoms with van der Waals surface area (Å²) in [6, 6.07) is 3.40. The zero-order chi connectivity index (χ0) is 15.2. The molecule has 1 aromatic carbocycles. The lowest BCUT2D eigenvalue weighted by molar-refractivity contribution is -0.385. The van der Waals surface area contributed by atoms with Gasteiger partial charge in [-0.3, -0.25) is 10.1 Å². The number of nitrogens with one attached hydrogen (secondary N) is 1. The summed E-state index contributed by atoms with van der Waals surface area (Å²) in [5.41, 5.74) is 5.43. The molecule has 3 rings (SSSR count). The molecule has 21 heavy (non-hydrogen) atoms. The second-order valence-electron chi connectivity index (χ2n) is 5.88. The third-order valence-corrected chi connectivity index (χ3v) is 6.09. The lowest BCUT2D eigenvalue weighted by atomic mass is 9.96. The van der Waals surface area contributed by atoms with Crippen molar-refractivity contribution in [1.29, 1.82) is 0 Å². The fourth-order valence-electron chi connectivity index (χ4n) is 3.52. The van der Waals surface area contributed by atoms with Crippen LogP contribution in [0.3, 0.4) is 0 Å². The maximum absolute atomic E-state index is 12.4. The van der Waals surface area contributed by atoms with Crippen molar-refractivity contribution in [2.24, 2.45) is 11.8 Å². The van der Waals surface area contributed by atoms with Gasteiger partial charge < -0.3 is 5.73 Å². The number of hydrogen-bond donors (Lipinski definition) is 2. The van der Waals surface area contributed by atoms with Crippen molar-refractivity contribution >= 4 is 21.4 Å². The summed E-state index contributed by atoms with van der Waals surface area (Å²) < 4.78 is 27.6. The van der Waals surface area contributed by atoms with Gasteiger partial charge in [0.25, 0.3) is 5.69 Å². The van der Waals surface area contributed by atoms with Gasteiger partial charge in [-0.25, -0.2) is 13.1 Å². The average molecular weight is 311 g/mol. The number of nitro groups is 1. The minimum atomic E-state index is -3.83. The van der Waals surface area contributed by atoms with Gasteiger partial charge in [0.1, 0.15) is 4.90 Å². The Balaban J connectivity index is 1.88. The summed E-state index contributed by atoms with van der Waals surface area (Å²) in [4.78, 5) is 9.95. The average Bonchev–Trinajstić information content (AvgIpc) is 3.00. The van der Waals surface area contributed by atoms with Crippen LogP contribution in [0.5, 0.6) is 0 Å². The summed E-state index contributed by atoms with van der Waals surface area (Å²) >= 11 is 0. The SMILES string of the molecule is Nc1ccc([N+](=O)[O-])cc1S(=O)(=O)NC1CC2CCC1C2. The molecule has 3 N–H and O–H groups in total. The van der Waals surface area contributed by atoms with Crippen LogP contribution in [0.1, 0.15) is 25.7 Å². The summed E-state index contributed by atoms with van der Waals surface area (Å²) in [5.74, 6) is 0.981. The number of anilines is 1. The normalized spacial score (nSPS) is 27.9. The molecule has 7 nitrogen and oxygen atoms in total. The molecule has 2 fully saturated rings. The van der Waals surface area contributed by atoms with Crippen molar-refractivity contribution in [3.05, 3.63) is 28.3 Å². The van der Waals surface area contributed by atoms with Crippen LogP contribution in [-0.4, -0.2) is 19.4 Å². The molecule has 2 aliphatic rings. The quantitative estimate of drug-likeness (QED) is 0.498. The van der Waals surface area contributed by atoms with E-state index in [1.54, 1.807) is 0 Å². The molecule has 3 atom stereocenters. The molecule has 0 heterocycles. The molecule has 0 amide bonds. The Kier molecular flexibility index (Phi) is 3.37. The highest BCUT2D eigenvalue weighted by Gasteiger charge is 2.41. The first-order valence-electron chi connectivity index (χ1n) is 6.93. The Morgan fingerprint density at radius 2 is 2.05 bits per heavy atom. The number of fused-ring (bicyclic) bond motifs is 2. The molecular formula is C13H17N3O4S. The van der Waals surface area contributed by atoms with Gasteiger partial charge in [0.15, 0.2) is 0 Å². The predicted molar refractivity (Wildman–Crippen MR) is 77.1 cm³/mol.